The van der Waals surface area contributed by atoms with Crippen LogP contribution in [-0.2, 0) is 0 Å². The summed E-state index contributed by atoms with van der Waals surface area (Å²) in [5.41, 5.74) is 0.772. The van der Waals surface area contributed by atoms with Crippen molar-refractivity contribution in [3.8, 4) is 5.75 Å². The number of Topliss-reactive ketones (excluding diaryl/α,β-unsaturated/α-hetero) is 1. The van der Waals surface area contributed by atoms with Gasteiger partial charge in [0, 0.05) is 12.0 Å². The maximum absolute atomic E-state index is 12.1. The summed E-state index contributed by atoms with van der Waals surface area (Å²) in [5, 5.41) is 0. The number of hydrogen-bond donors (Lipinski definition) is 0. The van der Waals surface area contributed by atoms with Crippen molar-refractivity contribution in [2.75, 3.05) is 0 Å². The molecule has 19 heavy (non-hydrogen) atoms. The molecule has 0 atom stereocenters. The van der Waals surface area contributed by atoms with E-state index >= 15 is 0 Å². The van der Waals surface area contributed by atoms with Crippen molar-refractivity contribution in [2.45, 2.75) is 65.4 Å². The van der Waals surface area contributed by atoms with Gasteiger partial charge in [-0.05, 0) is 32.4 Å². The second-order valence-corrected chi connectivity index (χ2v) is 5.28. The zero-order chi connectivity index (χ0) is 14.1. The number of benzene rings is 1. The van der Waals surface area contributed by atoms with E-state index in [0.29, 0.717) is 6.42 Å². The van der Waals surface area contributed by atoms with Crippen LogP contribution in [0.3, 0.4) is 0 Å². The normalized spacial score (nSPS) is 10.7. The third-order valence-electron chi connectivity index (χ3n) is 3.04. The van der Waals surface area contributed by atoms with Crippen LogP contribution in [0.15, 0.2) is 24.3 Å². The van der Waals surface area contributed by atoms with Crippen LogP contribution in [0.5, 0.6) is 5.75 Å². The lowest BCUT2D eigenvalue weighted by atomic mass is 10.0. The Bertz CT molecular complexity index is 383. The molecule has 0 saturated heterocycles. The Kier molecular flexibility index (Phi) is 7.24. The molecule has 0 aliphatic carbocycles. The lowest BCUT2D eigenvalue weighted by Crippen LogP contribution is -2.06. The largest absolute Gasteiger partial charge is 0.491 e. The number of rotatable bonds is 9. The third-order valence-corrected chi connectivity index (χ3v) is 3.04. The van der Waals surface area contributed by atoms with E-state index in [-0.39, 0.29) is 11.9 Å². The molecule has 2 heteroatoms. The van der Waals surface area contributed by atoms with Gasteiger partial charge >= 0.3 is 0 Å². The van der Waals surface area contributed by atoms with Crippen LogP contribution in [-0.4, -0.2) is 11.9 Å². The summed E-state index contributed by atoms with van der Waals surface area (Å²) >= 11 is 0. The summed E-state index contributed by atoms with van der Waals surface area (Å²) in [4.78, 5) is 12.1. The molecule has 0 unspecified atom stereocenters. The van der Waals surface area contributed by atoms with Gasteiger partial charge in [0.1, 0.15) is 5.75 Å². The zero-order valence-electron chi connectivity index (χ0n) is 12.4. The molecule has 0 aliphatic rings. The van der Waals surface area contributed by atoms with E-state index in [0.717, 1.165) is 24.2 Å². The molecular formula is C17H26O2. The number of carbonyl (C=O) groups excluding carboxylic acids is 1. The van der Waals surface area contributed by atoms with E-state index in [2.05, 4.69) is 6.92 Å². The van der Waals surface area contributed by atoms with E-state index in [4.69, 9.17) is 4.74 Å². The van der Waals surface area contributed by atoms with Crippen LogP contribution in [0.1, 0.15) is 69.7 Å². The lowest BCUT2D eigenvalue weighted by Gasteiger charge is -2.10. The summed E-state index contributed by atoms with van der Waals surface area (Å²) in [6.07, 6.45) is 6.68. The Morgan fingerprint density at radius 3 is 2.58 bits per heavy atom. The van der Waals surface area contributed by atoms with Crippen molar-refractivity contribution >= 4 is 5.78 Å². The first kappa shape index (κ1) is 15.7. The predicted molar refractivity (Wildman–Crippen MR) is 79.9 cm³/mol. The number of hydrogen-bond acceptors (Lipinski definition) is 2. The van der Waals surface area contributed by atoms with Crippen molar-refractivity contribution in [1.82, 2.24) is 0 Å². The standard InChI is InChI=1S/C17H26O2/c1-4-5-6-7-8-12-17(18)15-10-9-11-16(13-15)19-14(2)3/h9-11,13-14H,4-8,12H2,1-3H3. The van der Waals surface area contributed by atoms with Gasteiger partial charge < -0.3 is 4.74 Å². The van der Waals surface area contributed by atoms with Gasteiger partial charge in [0.25, 0.3) is 0 Å². The average Bonchev–Trinajstić information content (AvgIpc) is 2.38. The van der Waals surface area contributed by atoms with Crippen LogP contribution in [0.4, 0.5) is 0 Å². The maximum atomic E-state index is 12.1. The monoisotopic (exact) mass is 262 g/mol. The van der Waals surface area contributed by atoms with E-state index < -0.39 is 0 Å². The Labute approximate surface area is 117 Å². The minimum atomic E-state index is 0.138. The predicted octanol–water partition coefficient (Wildman–Crippen LogP) is 5.02. The van der Waals surface area contributed by atoms with Crippen LogP contribution in [0.25, 0.3) is 0 Å². The molecule has 0 aliphatic heterocycles. The molecule has 0 saturated carbocycles. The Morgan fingerprint density at radius 1 is 1.16 bits per heavy atom. The topological polar surface area (TPSA) is 26.3 Å². The second-order valence-electron chi connectivity index (χ2n) is 5.28. The van der Waals surface area contributed by atoms with E-state index in [1.165, 1.54) is 19.3 Å². The molecule has 0 radical (unpaired) electrons. The highest BCUT2D eigenvalue weighted by Gasteiger charge is 2.07. The van der Waals surface area contributed by atoms with E-state index in [1.54, 1.807) is 0 Å². The molecule has 0 heterocycles. The SMILES string of the molecule is CCCCCCCC(=O)c1cccc(OC(C)C)c1. The highest BCUT2D eigenvalue weighted by Crippen LogP contribution is 2.17. The number of ether oxygens (including phenoxy) is 1. The molecule has 0 N–H and O–H groups in total. The van der Waals surface area contributed by atoms with Crippen molar-refractivity contribution in [3.05, 3.63) is 29.8 Å². The zero-order valence-corrected chi connectivity index (χ0v) is 12.4. The Hall–Kier alpha value is -1.31. The molecule has 106 valence electrons. The van der Waals surface area contributed by atoms with Crippen LogP contribution in [0, 0.1) is 0 Å². The molecule has 1 aromatic carbocycles. The Morgan fingerprint density at radius 2 is 1.89 bits per heavy atom. The Balaban J connectivity index is 2.43. The average molecular weight is 262 g/mol. The summed E-state index contributed by atoms with van der Waals surface area (Å²) in [6, 6.07) is 7.52. The van der Waals surface area contributed by atoms with E-state index in [9.17, 15) is 4.79 Å². The minimum Gasteiger partial charge on any atom is -0.491 e. The first-order valence-corrected chi connectivity index (χ1v) is 7.43. The van der Waals surface area contributed by atoms with Crippen molar-refractivity contribution in [3.63, 3.8) is 0 Å². The van der Waals surface area contributed by atoms with E-state index in [1.807, 2.05) is 38.1 Å². The molecule has 2 nitrogen and oxygen atoms in total. The molecule has 1 rings (SSSR count). The minimum absolute atomic E-state index is 0.138. The molecule has 0 aromatic heterocycles. The highest BCUT2D eigenvalue weighted by atomic mass is 16.5. The summed E-state index contributed by atoms with van der Waals surface area (Å²) in [7, 11) is 0. The molecule has 0 spiro atoms. The fraction of sp³-hybridized carbons (Fsp3) is 0.588. The molecule has 0 bridgehead atoms. The molecule has 1 aromatic rings. The summed E-state index contributed by atoms with van der Waals surface area (Å²) in [5.74, 6) is 1.01. The van der Waals surface area contributed by atoms with Crippen molar-refractivity contribution < 1.29 is 9.53 Å². The molecule has 0 fully saturated rings. The fourth-order valence-corrected chi connectivity index (χ4v) is 2.05. The van der Waals surface area contributed by atoms with Gasteiger partial charge in [0.05, 0.1) is 6.10 Å². The van der Waals surface area contributed by atoms with Gasteiger partial charge in [0.2, 0.25) is 0 Å². The van der Waals surface area contributed by atoms with Gasteiger partial charge in [-0.25, -0.2) is 0 Å². The lowest BCUT2D eigenvalue weighted by molar-refractivity contribution is 0.0978. The van der Waals surface area contributed by atoms with Gasteiger partial charge in [-0.2, -0.15) is 0 Å². The van der Waals surface area contributed by atoms with Crippen LogP contribution in [0.2, 0.25) is 0 Å². The van der Waals surface area contributed by atoms with Gasteiger partial charge in [-0.1, -0.05) is 44.7 Å². The summed E-state index contributed by atoms with van der Waals surface area (Å²) in [6.45, 7) is 6.18. The highest BCUT2D eigenvalue weighted by molar-refractivity contribution is 5.96. The summed E-state index contributed by atoms with van der Waals surface area (Å²) < 4.78 is 5.61. The molecule has 0 amide bonds. The smallest absolute Gasteiger partial charge is 0.163 e. The van der Waals surface area contributed by atoms with Gasteiger partial charge in [-0.3, -0.25) is 4.79 Å². The van der Waals surface area contributed by atoms with Crippen LogP contribution >= 0.6 is 0 Å². The van der Waals surface area contributed by atoms with Crippen molar-refractivity contribution in [1.29, 1.82) is 0 Å². The van der Waals surface area contributed by atoms with Gasteiger partial charge in [-0.15, -0.1) is 0 Å². The van der Waals surface area contributed by atoms with Crippen molar-refractivity contribution in [2.24, 2.45) is 0 Å². The van der Waals surface area contributed by atoms with Crippen LogP contribution < -0.4 is 4.74 Å². The van der Waals surface area contributed by atoms with Gasteiger partial charge in [0.15, 0.2) is 5.78 Å². The fourth-order valence-electron chi connectivity index (χ4n) is 2.05. The quantitative estimate of drug-likeness (QED) is 0.461. The third kappa shape index (κ3) is 6.42. The first-order valence-electron chi connectivity index (χ1n) is 7.43. The number of carbonyl (C=O) groups is 1. The second kappa shape index (κ2) is 8.73. The number of unbranched alkanes of at least 4 members (excludes halogenated alkanes) is 4. The molecular weight excluding hydrogens is 236 g/mol. The maximum Gasteiger partial charge on any atom is 0.163 e. The number of ketones is 1. The first-order chi connectivity index (χ1) is 9.13.